The lowest BCUT2D eigenvalue weighted by Gasteiger charge is -2.01. The number of hydrogen-bond donors (Lipinski definition) is 2. The van der Waals surface area contributed by atoms with Crippen molar-refractivity contribution >= 4 is 41.5 Å². The van der Waals surface area contributed by atoms with Crippen molar-refractivity contribution in [1.29, 1.82) is 0 Å². The molecule has 0 amide bonds. The van der Waals surface area contributed by atoms with Crippen molar-refractivity contribution in [2.24, 2.45) is 0 Å². The number of benzene rings is 1. The molecule has 74 valence electrons. The lowest BCUT2D eigenvalue weighted by molar-refractivity contribution is 1.31. The van der Waals surface area contributed by atoms with Crippen molar-refractivity contribution in [2.45, 2.75) is 6.42 Å². The average molecular weight is 246 g/mol. The Morgan fingerprint density at radius 2 is 1.86 bits per heavy atom. The Balaban J connectivity index is 2.97. The normalized spacial score (nSPS) is 9.36. The van der Waals surface area contributed by atoms with Gasteiger partial charge in [0.1, 0.15) is 0 Å². The van der Waals surface area contributed by atoms with Crippen molar-refractivity contribution in [3.63, 3.8) is 0 Å². The van der Waals surface area contributed by atoms with Crippen LogP contribution in [0.15, 0.2) is 12.1 Å². The third kappa shape index (κ3) is 3.02. The summed E-state index contributed by atoms with van der Waals surface area (Å²) in [6, 6.07) is 3.41. The Bertz CT molecular complexity index is 370. The van der Waals surface area contributed by atoms with Crippen LogP contribution >= 0.6 is 35.8 Å². The van der Waals surface area contributed by atoms with Gasteiger partial charge in [0.2, 0.25) is 0 Å². The van der Waals surface area contributed by atoms with Crippen LogP contribution in [0, 0.1) is 11.8 Å². The van der Waals surface area contributed by atoms with Crippen molar-refractivity contribution in [3.8, 4) is 11.8 Å². The summed E-state index contributed by atoms with van der Waals surface area (Å²) in [6.45, 7) is 0. The van der Waals surface area contributed by atoms with Crippen LogP contribution in [0.5, 0.6) is 0 Å². The van der Waals surface area contributed by atoms with Crippen LogP contribution in [-0.2, 0) is 0 Å². The summed E-state index contributed by atoms with van der Waals surface area (Å²) in [4.78, 5) is 0. The minimum Gasteiger partial charge on any atom is -0.396 e. The molecule has 0 saturated carbocycles. The van der Waals surface area contributed by atoms with E-state index in [1.807, 2.05) is 0 Å². The molecule has 1 nitrogen and oxygen atoms in total. The van der Waals surface area contributed by atoms with Crippen LogP contribution in [0.3, 0.4) is 0 Å². The Morgan fingerprint density at radius 3 is 2.36 bits per heavy atom. The van der Waals surface area contributed by atoms with Gasteiger partial charge in [0.25, 0.3) is 0 Å². The average Bonchev–Trinajstić information content (AvgIpc) is 2.14. The van der Waals surface area contributed by atoms with Gasteiger partial charge >= 0.3 is 0 Å². The monoisotopic (exact) mass is 245 g/mol. The maximum absolute atomic E-state index is 5.84. The van der Waals surface area contributed by atoms with E-state index in [0.29, 0.717) is 15.7 Å². The van der Waals surface area contributed by atoms with Gasteiger partial charge < -0.3 is 5.73 Å². The summed E-state index contributed by atoms with van der Waals surface area (Å²) in [7, 11) is 0. The van der Waals surface area contributed by atoms with Gasteiger partial charge in [0.15, 0.2) is 0 Å². The van der Waals surface area contributed by atoms with E-state index >= 15 is 0 Å². The molecule has 0 unspecified atom stereocenters. The van der Waals surface area contributed by atoms with Crippen LogP contribution < -0.4 is 5.73 Å². The molecule has 0 spiro atoms. The molecule has 0 atom stereocenters. The van der Waals surface area contributed by atoms with E-state index in [1.165, 1.54) is 0 Å². The molecule has 1 aromatic carbocycles. The minimum absolute atomic E-state index is 0.396. The molecular weight excluding hydrogens is 237 g/mol. The number of thiol groups is 1. The number of anilines is 1. The van der Waals surface area contributed by atoms with E-state index in [2.05, 4.69) is 24.5 Å². The van der Waals surface area contributed by atoms with E-state index in [4.69, 9.17) is 28.9 Å². The first-order valence-corrected chi connectivity index (χ1v) is 5.38. The Labute approximate surface area is 99.0 Å². The summed E-state index contributed by atoms with van der Waals surface area (Å²) >= 11 is 15.7. The van der Waals surface area contributed by atoms with Gasteiger partial charge in [-0.1, -0.05) is 35.0 Å². The number of rotatable bonds is 1. The van der Waals surface area contributed by atoms with Crippen molar-refractivity contribution in [2.75, 3.05) is 11.5 Å². The molecule has 14 heavy (non-hydrogen) atoms. The maximum atomic E-state index is 5.84. The molecule has 0 heterocycles. The van der Waals surface area contributed by atoms with Crippen LogP contribution in [0.2, 0.25) is 10.0 Å². The van der Waals surface area contributed by atoms with Gasteiger partial charge in [0, 0.05) is 17.7 Å². The molecule has 1 aromatic rings. The van der Waals surface area contributed by atoms with E-state index in [0.717, 1.165) is 17.7 Å². The van der Waals surface area contributed by atoms with E-state index < -0.39 is 0 Å². The van der Waals surface area contributed by atoms with Gasteiger partial charge in [-0.3, -0.25) is 0 Å². The smallest absolute Gasteiger partial charge is 0.0693 e. The van der Waals surface area contributed by atoms with Crippen LogP contribution in [0.4, 0.5) is 5.69 Å². The molecule has 0 saturated heterocycles. The SMILES string of the molecule is Nc1c(Cl)cc(C#CCCS)cc1Cl. The molecule has 0 radical (unpaired) electrons. The molecular formula is C10H9Cl2NS. The van der Waals surface area contributed by atoms with Crippen molar-refractivity contribution in [1.82, 2.24) is 0 Å². The zero-order valence-electron chi connectivity index (χ0n) is 7.35. The second kappa shape index (κ2) is 5.41. The highest BCUT2D eigenvalue weighted by Gasteiger charge is 2.02. The van der Waals surface area contributed by atoms with Crippen molar-refractivity contribution < 1.29 is 0 Å². The molecule has 0 fully saturated rings. The fourth-order valence-corrected chi connectivity index (χ4v) is 1.48. The molecule has 0 aliphatic rings. The standard InChI is InChI=1S/C10H9Cl2NS/c11-8-5-7(3-1-2-4-14)6-9(12)10(8)13/h5-6,14H,2,4,13H2. The van der Waals surface area contributed by atoms with E-state index in [1.54, 1.807) is 12.1 Å². The van der Waals surface area contributed by atoms with Crippen LogP contribution in [0.1, 0.15) is 12.0 Å². The number of nitrogen functional groups attached to an aromatic ring is 1. The zero-order valence-corrected chi connectivity index (χ0v) is 9.76. The predicted octanol–water partition coefficient (Wildman–Crippen LogP) is 3.25. The minimum atomic E-state index is 0.396. The Kier molecular flexibility index (Phi) is 4.47. The summed E-state index contributed by atoms with van der Waals surface area (Å²) in [5.41, 5.74) is 6.75. The molecule has 1 rings (SSSR count). The van der Waals surface area contributed by atoms with Crippen LogP contribution in [0.25, 0.3) is 0 Å². The second-order valence-electron chi connectivity index (χ2n) is 2.63. The van der Waals surface area contributed by atoms with Crippen LogP contribution in [-0.4, -0.2) is 5.75 Å². The lowest BCUT2D eigenvalue weighted by Crippen LogP contribution is -1.88. The first-order chi connectivity index (χ1) is 6.65. The maximum Gasteiger partial charge on any atom is 0.0693 e. The summed E-state index contributed by atoms with van der Waals surface area (Å²) in [5, 5.41) is 0.875. The topological polar surface area (TPSA) is 26.0 Å². The molecule has 0 bridgehead atoms. The van der Waals surface area contributed by atoms with Gasteiger partial charge in [-0.25, -0.2) is 0 Å². The number of nitrogens with two attached hydrogens (primary N) is 1. The van der Waals surface area contributed by atoms with Crippen molar-refractivity contribution in [3.05, 3.63) is 27.7 Å². The third-order valence-corrected chi connectivity index (χ3v) is 2.40. The quantitative estimate of drug-likeness (QED) is 0.444. The van der Waals surface area contributed by atoms with Gasteiger partial charge in [-0.15, -0.1) is 0 Å². The first kappa shape index (κ1) is 11.6. The highest BCUT2D eigenvalue weighted by Crippen LogP contribution is 2.28. The summed E-state index contributed by atoms with van der Waals surface area (Å²) < 4.78 is 0. The molecule has 0 aromatic heterocycles. The Morgan fingerprint density at radius 1 is 1.29 bits per heavy atom. The molecule has 0 aliphatic carbocycles. The summed E-state index contributed by atoms with van der Waals surface area (Å²) in [6.07, 6.45) is 0.739. The highest BCUT2D eigenvalue weighted by atomic mass is 35.5. The molecule has 2 N–H and O–H groups in total. The first-order valence-electron chi connectivity index (χ1n) is 3.99. The number of hydrogen-bond acceptors (Lipinski definition) is 2. The van der Waals surface area contributed by atoms with Gasteiger partial charge in [0.05, 0.1) is 15.7 Å². The predicted molar refractivity (Wildman–Crippen MR) is 66.2 cm³/mol. The lowest BCUT2D eigenvalue weighted by atomic mass is 10.2. The zero-order chi connectivity index (χ0) is 10.6. The fraction of sp³-hybridized carbons (Fsp3) is 0.200. The molecule has 0 aliphatic heterocycles. The third-order valence-electron chi connectivity index (χ3n) is 1.55. The van der Waals surface area contributed by atoms with Gasteiger partial charge in [-0.05, 0) is 12.1 Å². The fourth-order valence-electron chi connectivity index (χ4n) is 0.877. The number of halogens is 2. The highest BCUT2D eigenvalue weighted by molar-refractivity contribution is 7.80. The summed E-state index contributed by atoms with van der Waals surface area (Å²) in [5.74, 6) is 6.61. The molecule has 4 heteroatoms. The second-order valence-corrected chi connectivity index (χ2v) is 3.89. The van der Waals surface area contributed by atoms with E-state index in [-0.39, 0.29) is 0 Å². The largest absolute Gasteiger partial charge is 0.396 e. The van der Waals surface area contributed by atoms with E-state index in [9.17, 15) is 0 Å². The Hall–Kier alpha value is -0.490. The van der Waals surface area contributed by atoms with Gasteiger partial charge in [-0.2, -0.15) is 12.6 Å².